The number of ether oxygens (including phenoxy) is 2. The van der Waals surface area contributed by atoms with Crippen LogP contribution < -0.4 is 20.8 Å². The van der Waals surface area contributed by atoms with Gasteiger partial charge in [0.25, 0.3) is 5.97 Å². The summed E-state index contributed by atoms with van der Waals surface area (Å²) in [5, 5.41) is 19.5. The number of aliphatic carboxylic acids is 2. The first kappa shape index (κ1) is 33.9. The number of nitrogens with zero attached hydrogens (tertiary/aromatic N) is 5. The Kier molecular flexibility index (Phi) is 12.5. The molecule has 14 nitrogen and oxygen atoms in total. The van der Waals surface area contributed by atoms with Crippen molar-refractivity contribution >= 4 is 29.7 Å². The average Bonchev–Trinajstić information content (AvgIpc) is 3.05. The van der Waals surface area contributed by atoms with Crippen LogP contribution in [0.25, 0.3) is 0 Å². The number of carboxylic acid groups (broad SMARTS) is 2. The van der Waals surface area contributed by atoms with Crippen molar-refractivity contribution in [2.45, 2.75) is 51.3 Å². The van der Waals surface area contributed by atoms with Gasteiger partial charge in [-0.05, 0) is 36.5 Å². The molecule has 2 aliphatic heterocycles. The van der Waals surface area contributed by atoms with Gasteiger partial charge in [0.1, 0.15) is 18.2 Å². The summed E-state index contributed by atoms with van der Waals surface area (Å²) in [6.45, 7) is 5.15. The predicted octanol–water partition coefficient (Wildman–Crippen LogP) is 2.72. The van der Waals surface area contributed by atoms with Crippen LogP contribution in [0.1, 0.15) is 43.2 Å². The number of amides is 1. The highest BCUT2D eigenvalue weighted by Gasteiger charge is 2.28. The molecule has 4 heterocycles. The summed E-state index contributed by atoms with van der Waals surface area (Å²) in [4.78, 5) is 59.8. The maximum atomic E-state index is 13.3. The molecule has 1 aromatic carbocycles. The van der Waals surface area contributed by atoms with Gasteiger partial charge in [0, 0.05) is 70.8 Å². The number of aromatic nitrogens is 3. The fourth-order valence-electron chi connectivity index (χ4n) is 5.41. The number of carbonyl (C=O) groups is 3. The molecule has 246 valence electrons. The highest BCUT2D eigenvalue weighted by atomic mass is 16.5. The number of carbonyl (C=O) groups excluding carboxylic acids is 1. The summed E-state index contributed by atoms with van der Waals surface area (Å²) in [5.74, 6) is -0.210. The topological polar surface area (TPSA) is 176 Å². The van der Waals surface area contributed by atoms with Crippen LogP contribution in [0.5, 0.6) is 0 Å². The van der Waals surface area contributed by atoms with Gasteiger partial charge in [-0.25, -0.2) is 14.6 Å². The van der Waals surface area contributed by atoms with E-state index >= 15 is 0 Å². The van der Waals surface area contributed by atoms with E-state index in [1.165, 1.54) is 4.57 Å². The van der Waals surface area contributed by atoms with Crippen LogP contribution in [0, 0.1) is 0 Å². The molecule has 0 saturated carbocycles. The summed E-state index contributed by atoms with van der Waals surface area (Å²) in [6, 6.07) is 14.2. The third-order valence-electron chi connectivity index (χ3n) is 7.59. The Bertz CT molecular complexity index is 1490. The molecule has 1 unspecified atom stereocenters. The van der Waals surface area contributed by atoms with Gasteiger partial charge in [0.05, 0.1) is 12.5 Å². The summed E-state index contributed by atoms with van der Waals surface area (Å²) in [6.07, 6.45) is 4.03. The van der Waals surface area contributed by atoms with Crippen LogP contribution in [-0.4, -0.2) is 88.2 Å². The summed E-state index contributed by atoms with van der Waals surface area (Å²) in [5.41, 5.74) is 1.24. The zero-order chi connectivity index (χ0) is 32.9. The molecular formula is C32H40N6O8. The van der Waals surface area contributed by atoms with E-state index in [2.05, 4.69) is 25.1 Å². The smallest absolute Gasteiger partial charge is 0.407 e. The first-order valence-electron chi connectivity index (χ1n) is 15.2. The molecule has 2 aliphatic rings. The lowest BCUT2D eigenvalue weighted by molar-refractivity contribution is -0.137. The van der Waals surface area contributed by atoms with Gasteiger partial charge >= 0.3 is 17.8 Å². The molecule has 46 heavy (non-hydrogen) atoms. The van der Waals surface area contributed by atoms with Crippen molar-refractivity contribution in [2.24, 2.45) is 0 Å². The second-order valence-electron chi connectivity index (χ2n) is 11.0. The van der Waals surface area contributed by atoms with Crippen molar-refractivity contribution in [3.63, 3.8) is 0 Å². The molecule has 0 bridgehead atoms. The number of anilines is 2. The Hall–Kier alpha value is -4.98. The van der Waals surface area contributed by atoms with Crippen molar-refractivity contribution in [1.82, 2.24) is 19.9 Å². The maximum Gasteiger partial charge on any atom is 0.407 e. The number of rotatable bonds is 10. The minimum Gasteiger partial charge on any atom is -0.481 e. The lowest BCUT2D eigenvalue weighted by Crippen LogP contribution is -2.48. The highest BCUT2D eigenvalue weighted by molar-refractivity contribution is 5.71. The van der Waals surface area contributed by atoms with E-state index in [1.54, 1.807) is 12.4 Å². The second-order valence-corrected chi connectivity index (χ2v) is 11.0. The van der Waals surface area contributed by atoms with Crippen LogP contribution in [0.2, 0.25) is 0 Å². The van der Waals surface area contributed by atoms with E-state index in [-0.39, 0.29) is 25.5 Å². The minimum atomic E-state index is -1.10. The van der Waals surface area contributed by atoms with Gasteiger partial charge in [-0.2, -0.15) is 4.98 Å². The van der Waals surface area contributed by atoms with Gasteiger partial charge in [-0.1, -0.05) is 36.4 Å². The zero-order valence-electron chi connectivity index (χ0n) is 25.8. The molecule has 3 aromatic rings. The molecule has 14 heteroatoms. The van der Waals surface area contributed by atoms with Gasteiger partial charge in [-0.15, -0.1) is 0 Å². The van der Waals surface area contributed by atoms with Gasteiger partial charge < -0.3 is 34.8 Å². The fourth-order valence-corrected chi connectivity index (χ4v) is 5.41. The third-order valence-corrected chi connectivity index (χ3v) is 7.59. The van der Waals surface area contributed by atoms with Crippen LogP contribution in [-0.2, 0) is 32.2 Å². The summed E-state index contributed by atoms with van der Waals surface area (Å²) in [7, 11) is 0. The van der Waals surface area contributed by atoms with Crippen molar-refractivity contribution < 1.29 is 34.1 Å². The Balaban J connectivity index is 0.00000113. The van der Waals surface area contributed by atoms with E-state index in [1.807, 2.05) is 48.5 Å². The number of alkyl carbamates (subject to hydrolysis) is 1. The molecule has 0 spiro atoms. The SMILES string of the molecule is CC(=O)O.O=C(O)CC(Cn1cc(C2CCOCC2)c(N2CCN(c3ccccn3)CC2)nc1=O)NC(=O)OCc1ccccc1. The largest absolute Gasteiger partial charge is 0.481 e. The Morgan fingerprint density at radius 1 is 1.00 bits per heavy atom. The van der Waals surface area contributed by atoms with Crippen molar-refractivity contribution in [2.75, 3.05) is 49.2 Å². The van der Waals surface area contributed by atoms with Crippen molar-refractivity contribution in [3.05, 3.63) is 82.5 Å². The van der Waals surface area contributed by atoms with E-state index in [9.17, 15) is 19.5 Å². The molecule has 2 aromatic heterocycles. The maximum absolute atomic E-state index is 13.3. The lowest BCUT2D eigenvalue weighted by Gasteiger charge is -2.38. The first-order valence-corrected chi connectivity index (χ1v) is 15.2. The number of hydrogen-bond acceptors (Lipinski definition) is 10. The van der Waals surface area contributed by atoms with E-state index < -0.39 is 29.8 Å². The monoisotopic (exact) mass is 636 g/mol. The molecule has 3 N–H and O–H groups in total. The van der Waals surface area contributed by atoms with Crippen LogP contribution in [0.3, 0.4) is 0 Å². The minimum absolute atomic E-state index is 0.0458. The molecule has 5 rings (SSSR count). The first-order chi connectivity index (χ1) is 22.2. The predicted molar refractivity (Wildman–Crippen MR) is 169 cm³/mol. The molecule has 2 fully saturated rings. The Labute approximate surface area is 266 Å². The number of hydrogen-bond donors (Lipinski definition) is 3. The van der Waals surface area contributed by atoms with E-state index in [4.69, 9.17) is 19.4 Å². The molecule has 0 aliphatic carbocycles. The standard InChI is InChI=1S/C30H36N6O6.C2H4O2/c37-27(38)18-24(32-30(40)42-21-22-6-2-1-3-7-22)19-36-20-25(23-9-16-41-17-10-23)28(33-29(36)39)35-14-12-34(13-15-35)26-8-4-5-11-31-26;1-2(3)4/h1-8,11,20,23-24H,9-10,12-19,21H2,(H,32,40)(H,37,38);1H3,(H,3,4). The average molecular weight is 637 g/mol. The third kappa shape index (κ3) is 10.3. The van der Waals surface area contributed by atoms with Gasteiger partial charge in [0.15, 0.2) is 0 Å². The fraction of sp³-hybridized carbons (Fsp3) is 0.438. The van der Waals surface area contributed by atoms with Crippen LogP contribution in [0.15, 0.2) is 65.7 Å². The highest BCUT2D eigenvalue weighted by Crippen LogP contribution is 2.33. The summed E-state index contributed by atoms with van der Waals surface area (Å²) < 4.78 is 12.3. The number of nitrogens with one attached hydrogen (secondary N) is 1. The Morgan fingerprint density at radius 3 is 2.28 bits per heavy atom. The lowest BCUT2D eigenvalue weighted by atomic mass is 9.92. The number of carboxylic acids is 2. The zero-order valence-corrected chi connectivity index (χ0v) is 25.8. The normalized spacial score (nSPS) is 15.7. The molecular weight excluding hydrogens is 596 g/mol. The second kappa shape index (κ2) is 16.9. The van der Waals surface area contributed by atoms with Crippen LogP contribution >= 0.6 is 0 Å². The summed E-state index contributed by atoms with van der Waals surface area (Å²) >= 11 is 0. The van der Waals surface area contributed by atoms with Crippen molar-refractivity contribution in [3.8, 4) is 0 Å². The molecule has 1 atom stereocenters. The van der Waals surface area contributed by atoms with Crippen LogP contribution in [0.4, 0.5) is 16.4 Å². The molecule has 0 radical (unpaired) electrons. The quantitative estimate of drug-likeness (QED) is 0.297. The number of pyridine rings is 1. The van der Waals surface area contributed by atoms with Gasteiger partial charge in [0.2, 0.25) is 0 Å². The van der Waals surface area contributed by atoms with Crippen molar-refractivity contribution in [1.29, 1.82) is 0 Å². The van der Waals surface area contributed by atoms with E-state index in [0.29, 0.717) is 32.1 Å². The molecule has 1 amide bonds. The molecule has 2 saturated heterocycles. The number of benzene rings is 1. The number of piperazine rings is 1. The Morgan fingerprint density at radius 2 is 1.65 bits per heavy atom. The van der Waals surface area contributed by atoms with Gasteiger partial charge in [-0.3, -0.25) is 14.2 Å². The van der Waals surface area contributed by atoms with E-state index in [0.717, 1.165) is 49.8 Å².